The van der Waals surface area contributed by atoms with Crippen LogP contribution in [0.3, 0.4) is 0 Å². The van der Waals surface area contributed by atoms with Crippen molar-refractivity contribution in [2.45, 2.75) is 12.8 Å². The number of pyridine rings is 1. The predicted molar refractivity (Wildman–Crippen MR) is 99.5 cm³/mol. The third-order valence-corrected chi connectivity index (χ3v) is 4.33. The molecule has 0 atom stereocenters. The van der Waals surface area contributed by atoms with E-state index in [4.69, 9.17) is 0 Å². The van der Waals surface area contributed by atoms with Crippen molar-refractivity contribution in [1.82, 2.24) is 9.88 Å². The van der Waals surface area contributed by atoms with E-state index in [-0.39, 0.29) is 11.8 Å². The molecular formula is C19H18F3N5O2. The van der Waals surface area contributed by atoms with Gasteiger partial charge < -0.3 is 19.9 Å². The number of nitrogens with one attached hydrogen (secondary N) is 1. The Morgan fingerprint density at radius 2 is 1.90 bits per heavy atom. The average Bonchev–Trinajstić information content (AvgIpc) is 2.94. The Labute approximate surface area is 165 Å². The van der Waals surface area contributed by atoms with Gasteiger partial charge >= 0.3 is 12.4 Å². The van der Waals surface area contributed by atoms with Crippen LogP contribution >= 0.6 is 0 Å². The normalized spacial score (nSPS) is 14.7. The number of carbonyl (C=O) groups is 1. The van der Waals surface area contributed by atoms with E-state index in [2.05, 4.69) is 21.1 Å². The Hall–Kier alpha value is -3.48. The van der Waals surface area contributed by atoms with Gasteiger partial charge in [-0.25, -0.2) is 9.78 Å². The first kappa shape index (κ1) is 20.3. The lowest BCUT2D eigenvalue weighted by Crippen LogP contribution is -2.38. The molecule has 2 amide bonds. The number of aromatic nitrogens is 1. The second-order valence-corrected chi connectivity index (χ2v) is 6.32. The monoisotopic (exact) mass is 405 g/mol. The second kappa shape index (κ2) is 8.68. The highest BCUT2D eigenvalue weighted by Gasteiger charge is 2.31. The number of rotatable bonds is 3. The van der Waals surface area contributed by atoms with Crippen LogP contribution in [0, 0.1) is 11.3 Å². The molecule has 0 bridgehead atoms. The smallest absolute Gasteiger partial charge is 0.406 e. The largest absolute Gasteiger partial charge is 0.573 e. The molecule has 29 heavy (non-hydrogen) atoms. The Kier molecular flexibility index (Phi) is 6.07. The quantitative estimate of drug-likeness (QED) is 0.844. The summed E-state index contributed by atoms with van der Waals surface area (Å²) in [6.45, 7) is 2.09. The van der Waals surface area contributed by atoms with Crippen molar-refractivity contribution >= 4 is 17.5 Å². The summed E-state index contributed by atoms with van der Waals surface area (Å²) in [4.78, 5) is 20.4. The van der Waals surface area contributed by atoms with E-state index in [1.165, 1.54) is 12.1 Å². The van der Waals surface area contributed by atoms with Crippen LogP contribution in [0.15, 0.2) is 42.6 Å². The third-order valence-electron chi connectivity index (χ3n) is 4.33. The number of ether oxygens (including phenoxy) is 1. The maximum atomic E-state index is 12.5. The highest BCUT2D eigenvalue weighted by Crippen LogP contribution is 2.24. The summed E-state index contributed by atoms with van der Waals surface area (Å²) in [6.07, 6.45) is -2.45. The molecule has 2 aromatic rings. The summed E-state index contributed by atoms with van der Waals surface area (Å²) in [5.41, 5.74) is 0.841. The summed E-state index contributed by atoms with van der Waals surface area (Å²) in [6, 6.07) is 10.1. The Bertz CT molecular complexity index is 896. The van der Waals surface area contributed by atoms with E-state index in [1.807, 2.05) is 4.90 Å². The van der Waals surface area contributed by atoms with Crippen LogP contribution in [0.5, 0.6) is 5.75 Å². The third kappa shape index (κ3) is 5.51. The number of nitriles is 1. The fourth-order valence-electron chi connectivity index (χ4n) is 3.01. The number of urea groups is 1. The highest BCUT2D eigenvalue weighted by atomic mass is 19.4. The summed E-state index contributed by atoms with van der Waals surface area (Å²) >= 11 is 0. The molecule has 1 aliphatic rings. The maximum absolute atomic E-state index is 12.5. The number of hydrogen-bond donors (Lipinski definition) is 1. The molecular weight excluding hydrogens is 387 g/mol. The van der Waals surface area contributed by atoms with Crippen LogP contribution in [0.4, 0.5) is 29.5 Å². The fraction of sp³-hybridized carbons (Fsp3) is 0.316. The van der Waals surface area contributed by atoms with Crippen molar-refractivity contribution < 1.29 is 22.7 Å². The lowest BCUT2D eigenvalue weighted by atomic mass is 10.2. The first-order valence-corrected chi connectivity index (χ1v) is 8.87. The average molecular weight is 405 g/mol. The van der Waals surface area contributed by atoms with E-state index in [1.54, 1.807) is 23.2 Å². The number of hydrogen-bond acceptors (Lipinski definition) is 5. The molecule has 10 heteroatoms. The van der Waals surface area contributed by atoms with E-state index in [0.717, 1.165) is 12.1 Å². The minimum Gasteiger partial charge on any atom is -0.406 e. The van der Waals surface area contributed by atoms with Crippen molar-refractivity contribution in [3.8, 4) is 11.8 Å². The molecule has 1 aromatic carbocycles. The number of alkyl halides is 3. The molecule has 0 radical (unpaired) electrons. The number of carbonyl (C=O) groups excluding carboxylic acids is 1. The van der Waals surface area contributed by atoms with Crippen LogP contribution in [0.25, 0.3) is 0 Å². The lowest BCUT2D eigenvalue weighted by molar-refractivity contribution is -0.274. The van der Waals surface area contributed by atoms with Gasteiger partial charge in [-0.2, -0.15) is 5.26 Å². The molecule has 0 spiro atoms. The van der Waals surface area contributed by atoms with Gasteiger partial charge in [-0.05, 0) is 42.8 Å². The number of anilines is 2. The van der Waals surface area contributed by atoms with E-state index < -0.39 is 6.36 Å². The number of halogens is 3. The molecule has 1 aromatic heterocycles. The van der Waals surface area contributed by atoms with Crippen molar-refractivity contribution in [3.05, 3.63) is 48.2 Å². The Balaban J connectivity index is 1.59. The van der Waals surface area contributed by atoms with Crippen molar-refractivity contribution in [1.29, 1.82) is 5.26 Å². The summed E-state index contributed by atoms with van der Waals surface area (Å²) < 4.78 is 40.4. The van der Waals surface area contributed by atoms with E-state index in [9.17, 15) is 23.2 Å². The van der Waals surface area contributed by atoms with Gasteiger partial charge in [-0.15, -0.1) is 13.2 Å². The molecule has 2 heterocycles. The van der Waals surface area contributed by atoms with Gasteiger partial charge in [0.2, 0.25) is 0 Å². The first-order chi connectivity index (χ1) is 13.9. The molecule has 1 saturated heterocycles. The molecule has 1 N–H and O–H groups in total. The standard InChI is InChI=1S/C19H18F3N5O2/c20-19(21,22)29-16-6-4-15(5-7-16)25-18(28)27-10-2-9-26(11-12-27)17-14(13-23)3-1-8-24-17/h1,3-8H,2,9-12H2,(H,25,28). The zero-order valence-corrected chi connectivity index (χ0v) is 15.3. The minimum atomic E-state index is -4.76. The van der Waals surface area contributed by atoms with E-state index >= 15 is 0 Å². The predicted octanol–water partition coefficient (Wildman–Crippen LogP) is 3.60. The van der Waals surface area contributed by atoms with Crippen molar-refractivity contribution in [2.24, 2.45) is 0 Å². The molecule has 1 aliphatic heterocycles. The highest BCUT2D eigenvalue weighted by molar-refractivity contribution is 5.89. The molecule has 0 unspecified atom stereocenters. The second-order valence-electron chi connectivity index (χ2n) is 6.32. The molecule has 7 nitrogen and oxygen atoms in total. The van der Waals surface area contributed by atoms with Crippen LogP contribution in [-0.2, 0) is 0 Å². The van der Waals surface area contributed by atoms with Crippen LogP contribution in [0.1, 0.15) is 12.0 Å². The Morgan fingerprint density at radius 3 is 2.59 bits per heavy atom. The summed E-state index contributed by atoms with van der Waals surface area (Å²) in [5.74, 6) is 0.238. The molecule has 0 saturated carbocycles. The lowest BCUT2D eigenvalue weighted by Gasteiger charge is -2.23. The molecule has 0 aliphatic carbocycles. The number of benzene rings is 1. The van der Waals surface area contributed by atoms with Crippen LogP contribution in [-0.4, -0.2) is 48.5 Å². The van der Waals surface area contributed by atoms with Gasteiger partial charge in [0.1, 0.15) is 17.6 Å². The van der Waals surface area contributed by atoms with Gasteiger partial charge in [-0.3, -0.25) is 0 Å². The first-order valence-electron chi connectivity index (χ1n) is 8.87. The SMILES string of the molecule is N#Cc1cccnc1N1CCCN(C(=O)Nc2ccc(OC(F)(F)F)cc2)CC1. The zero-order chi connectivity index (χ0) is 20.9. The van der Waals surface area contributed by atoms with Gasteiger partial charge in [-0.1, -0.05) is 0 Å². The molecule has 1 fully saturated rings. The van der Waals surface area contributed by atoms with Gasteiger partial charge in [0.25, 0.3) is 0 Å². The summed E-state index contributed by atoms with van der Waals surface area (Å²) in [5, 5.41) is 11.9. The zero-order valence-electron chi connectivity index (χ0n) is 15.3. The van der Waals surface area contributed by atoms with Crippen molar-refractivity contribution in [2.75, 3.05) is 36.4 Å². The van der Waals surface area contributed by atoms with E-state index in [0.29, 0.717) is 49.7 Å². The van der Waals surface area contributed by atoms with Gasteiger partial charge in [0.05, 0.1) is 5.56 Å². The molecule has 3 rings (SSSR count). The summed E-state index contributed by atoms with van der Waals surface area (Å²) in [7, 11) is 0. The van der Waals surface area contributed by atoms with Gasteiger partial charge in [0.15, 0.2) is 0 Å². The minimum absolute atomic E-state index is 0.349. The van der Waals surface area contributed by atoms with Gasteiger partial charge in [0, 0.05) is 38.1 Å². The number of nitrogens with zero attached hydrogens (tertiary/aromatic N) is 4. The van der Waals surface area contributed by atoms with Crippen molar-refractivity contribution in [3.63, 3.8) is 0 Å². The van der Waals surface area contributed by atoms with Crippen LogP contribution in [0.2, 0.25) is 0 Å². The Morgan fingerprint density at radius 1 is 1.14 bits per heavy atom. The van der Waals surface area contributed by atoms with Crippen LogP contribution < -0.4 is 15.0 Å². The topological polar surface area (TPSA) is 81.5 Å². The molecule has 152 valence electrons. The maximum Gasteiger partial charge on any atom is 0.573 e. The number of amides is 2. The fourth-order valence-corrected chi connectivity index (χ4v) is 3.01.